The first kappa shape index (κ1) is 17.8. The summed E-state index contributed by atoms with van der Waals surface area (Å²) in [6.45, 7) is 7.71. The van der Waals surface area contributed by atoms with Gasteiger partial charge in [0.1, 0.15) is 0 Å². The van der Waals surface area contributed by atoms with Crippen LogP contribution in [0, 0.1) is 0 Å². The van der Waals surface area contributed by atoms with Gasteiger partial charge in [-0.2, -0.15) is 13.2 Å². The molecule has 1 aliphatic heterocycles. The summed E-state index contributed by atoms with van der Waals surface area (Å²) in [6.07, 6.45) is -3.41. The van der Waals surface area contributed by atoms with Crippen LogP contribution in [0.2, 0.25) is 0 Å². The van der Waals surface area contributed by atoms with Gasteiger partial charge in [0.05, 0.1) is 5.56 Å². The minimum Gasteiger partial charge on any atom is -0.372 e. The van der Waals surface area contributed by atoms with Gasteiger partial charge in [-0.25, -0.2) is 0 Å². The molecule has 3 rings (SSSR count). The third-order valence-corrected chi connectivity index (χ3v) is 4.85. The van der Waals surface area contributed by atoms with Crippen molar-refractivity contribution in [3.05, 3.63) is 53.1 Å². The van der Waals surface area contributed by atoms with E-state index in [-0.39, 0.29) is 0 Å². The van der Waals surface area contributed by atoms with Crippen LogP contribution in [0.5, 0.6) is 0 Å². The number of rotatable bonds is 4. The molecule has 0 radical (unpaired) electrons. The number of benzene rings is 2. The summed E-state index contributed by atoms with van der Waals surface area (Å²) in [6, 6.07) is 9.86. The average Bonchev–Trinajstić information content (AvgIpc) is 2.61. The van der Waals surface area contributed by atoms with Crippen molar-refractivity contribution in [2.75, 3.05) is 24.5 Å². The molecular weight excluding hydrogens is 325 g/mol. The largest absolute Gasteiger partial charge is 0.416 e. The Hall–Kier alpha value is -2.01. The molecule has 2 aromatic rings. The zero-order valence-electron chi connectivity index (χ0n) is 14.6. The fraction of sp³-hybridized carbons (Fsp3) is 0.400. The van der Waals surface area contributed by atoms with E-state index in [9.17, 15) is 13.2 Å². The van der Waals surface area contributed by atoms with Gasteiger partial charge >= 0.3 is 6.18 Å². The second kappa shape index (κ2) is 7.08. The van der Waals surface area contributed by atoms with Crippen molar-refractivity contribution >= 4 is 5.69 Å². The highest BCUT2D eigenvalue weighted by atomic mass is 19.4. The van der Waals surface area contributed by atoms with Gasteiger partial charge in [0.25, 0.3) is 0 Å². The Morgan fingerprint density at radius 1 is 1.04 bits per heavy atom. The van der Waals surface area contributed by atoms with Gasteiger partial charge in [-0.05, 0) is 73.3 Å². The Bertz CT molecular complexity index is 732. The summed E-state index contributed by atoms with van der Waals surface area (Å²) in [4.78, 5) is 2.27. The number of hydrogen-bond donors (Lipinski definition) is 1. The molecule has 0 unspecified atom stereocenters. The zero-order valence-corrected chi connectivity index (χ0v) is 14.6. The van der Waals surface area contributed by atoms with Crippen molar-refractivity contribution in [2.24, 2.45) is 0 Å². The summed E-state index contributed by atoms with van der Waals surface area (Å²) in [5.74, 6) is 0. The molecule has 0 saturated heterocycles. The number of nitrogens with zero attached hydrogens (tertiary/aromatic N) is 1. The number of nitrogens with one attached hydrogen (secondary N) is 1. The smallest absolute Gasteiger partial charge is 0.372 e. The lowest BCUT2D eigenvalue weighted by Crippen LogP contribution is -2.26. The van der Waals surface area contributed by atoms with Gasteiger partial charge in [-0.3, -0.25) is 0 Å². The molecule has 0 saturated carbocycles. The van der Waals surface area contributed by atoms with Gasteiger partial charge < -0.3 is 10.2 Å². The Kier molecular flexibility index (Phi) is 5.04. The Morgan fingerprint density at radius 2 is 1.72 bits per heavy atom. The summed E-state index contributed by atoms with van der Waals surface area (Å²) in [5, 5.41) is 3.38. The average molecular weight is 348 g/mol. The van der Waals surface area contributed by atoms with E-state index in [1.807, 2.05) is 0 Å². The predicted octanol–water partition coefficient (Wildman–Crippen LogP) is 4.86. The number of hydrogen-bond acceptors (Lipinski definition) is 2. The van der Waals surface area contributed by atoms with Crippen molar-refractivity contribution in [2.45, 2.75) is 33.0 Å². The molecule has 0 atom stereocenters. The van der Waals surface area contributed by atoms with Crippen LogP contribution in [0.1, 0.15) is 30.5 Å². The maximum absolute atomic E-state index is 12.8. The Balaban J connectivity index is 2.09. The highest BCUT2D eigenvalue weighted by Gasteiger charge is 2.30. The molecule has 25 heavy (non-hydrogen) atoms. The van der Waals surface area contributed by atoms with Gasteiger partial charge in [0.15, 0.2) is 0 Å². The second-order valence-electron chi connectivity index (χ2n) is 6.31. The molecule has 0 aromatic heterocycles. The second-order valence-corrected chi connectivity index (χ2v) is 6.31. The monoisotopic (exact) mass is 348 g/mol. The molecule has 1 N–H and O–H groups in total. The zero-order chi connectivity index (χ0) is 18.0. The van der Waals surface area contributed by atoms with E-state index in [4.69, 9.17) is 0 Å². The maximum Gasteiger partial charge on any atom is 0.416 e. The normalized spacial score (nSPS) is 14.3. The molecule has 2 nitrogen and oxygen atoms in total. The van der Waals surface area contributed by atoms with Crippen LogP contribution >= 0.6 is 0 Å². The Labute approximate surface area is 146 Å². The molecule has 0 aliphatic carbocycles. The predicted molar refractivity (Wildman–Crippen MR) is 95.9 cm³/mol. The van der Waals surface area contributed by atoms with Crippen molar-refractivity contribution < 1.29 is 13.2 Å². The molecule has 1 aliphatic rings. The molecule has 0 fully saturated rings. The van der Waals surface area contributed by atoms with Crippen molar-refractivity contribution in [1.82, 2.24) is 5.32 Å². The van der Waals surface area contributed by atoms with Crippen LogP contribution < -0.4 is 10.2 Å². The molecule has 5 heteroatoms. The fourth-order valence-electron chi connectivity index (χ4n) is 3.47. The quantitative estimate of drug-likeness (QED) is 0.848. The summed E-state index contributed by atoms with van der Waals surface area (Å²) in [7, 11) is 0. The van der Waals surface area contributed by atoms with E-state index in [0.29, 0.717) is 0 Å². The van der Waals surface area contributed by atoms with Crippen LogP contribution in [0.4, 0.5) is 18.9 Å². The van der Waals surface area contributed by atoms with Crippen molar-refractivity contribution in [3.8, 4) is 11.1 Å². The summed E-state index contributed by atoms with van der Waals surface area (Å²) >= 11 is 0. The Morgan fingerprint density at radius 3 is 2.32 bits per heavy atom. The van der Waals surface area contributed by atoms with Crippen molar-refractivity contribution in [3.63, 3.8) is 0 Å². The molecule has 2 aromatic carbocycles. The fourth-order valence-corrected chi connectivity index (χ4v) is 3.47. The first-order valence-electron chi connectivity index (χ1n) is 8.73. The van der Waals surface area contributed by atoms with E-state index >= 15 is 0 Å². The van der Waals surface area contributed by atoms with Crippen LogP contribution in [0.15, 0.2) is 36.4 Å². The van der Waals surface area contributed by atoms with Crippen molar-refractivity contribution in [1.29, 1.82) is 0 Å². The first-order chi connectivity index (χ1) is 11.9. The van der Waals surface area contributed by atoms with Gasteiger partial charge in [-0.1, -0.05) is 12.1 Å². The van der Waals surface area contributed by atoms with Gasteiger partial charge in [0, 0.05) is 25.3 Å². The standard InChI is InChI=1S/C20H23F3N2/c1-3-25(4-2)17-11-15-13-24-10-9-18(15)19(12-17)14-5-7-16(8-6-14)20(21,22)23/h5-8,11-12,24H,3-4,9-10,13H2,1-2H3. The number of fused-ring (bicyclic) bond motifs is 1. The summed E-state index contributed by atoms with van der Waals surface area (Å²) in [5.41, 5.74) is 4.91. The van der Waals surface area contributed by atoms with E-state index in [1.54, 1.807) is 12.1 Å². The minimum absolute atomic E-state index is 0.605. The third kappa shape index (κ3) is 3.66. The molecule has 0 bridgehead atoms. The lowest BCUT2D eigenvalue weighted by atomic mass is 9.90. The highest BCUT2D eigenvalue weighted by molar-refractivity contribution is 5.74. The van der Waals surface area contributed by atoms with E-state index < -0.39 is 11.7 Å². The summed E-state index contributed by atoms with van der Waals surface area (Å²) < 4.78 is 38.5. The van der Waals surface area contributed by atoms with E-state index in [1.165, 1.54) is 23.3 Å². The molecule has 1 heterocycles. The topological polar surface area (TPSA) is 15.3 Å². The van der Waals surface area contributed by atoms with Crippen LogP contribution in [-0.4, -0.2) is 19.6 Å². The minimum atomic E-state index is -4.30. The number of alkyl halides is 3. The maximum atomic E-state index is 12.8. The molecule has 134 valence electrons. The van der Waals surface area contributed by atoms with Crippen LogP contribution in [0.25, 0.3) is 11.1 Å². The third-order valence-electron chi connectivity index (χ3n) is 4.85. The number of halogens is 3. The van der Waals surface area contributed by atoms with Crippen LogP contribution in [0.3, 0.4) is 0 Å². The SMILES string of the molecule is CCN(CC)c1cc2c(c(-c3ccc(C(F)(F)F)cc3)c1)CCNC2. The first-order valence-corrected chi connectivity index (χ1v) is 8.73. The van der Waals surface area contributed by atoms with Gasteiger partial charge in [0.2, 0.25) is 0 Å². The number of anilines is 1. The molecule has 0 amide bonds. The highest BCUT2D eigenvalue weighted by Crippen LogP contribution is 2.35. The van der Waals surface area contributed by atoms with Gasteiger partial charge in [-0.15, -0.1) is 0 Å². The van der Waals surface area contributed by atoms with Crippen LogP contribution in [-0.2, 0) is 19.1 Å². The lowest BCUT2D eigenvalue weighted by Gasteiger charge is -2.27. The lowest BCUT2D eigenvalue weighted by molar-refractivity contribution is -0.137. The van der Waals surface area contributed by atoms with E-state index in [0.717, 1.165) is 49.4 Å². The molecule has 0 spiro atoms. The van der Waals surface area contributed by atoms with E-state index in [2.05, 4.69) is 36.2 Å². The molecular formula is C20H23F3N2.